The summed E-state index contributed by atoms with van der Waals surface area (Å²) >= 11 is 0. The van der Waals surface area contributed by atoms with Gasteiger partial charge in [-0.2, -0.15) is 5.10 Å². The highest BCUT2D eigenvalue weighted by Crippen LogP contribution is 2.44. The molecule has 3 aromatic rings. The van der Waals surface area contributed by atoms with E-state index in [9.17, 15) is 0 Å². The highest BCUT2D eigenvalue weighted by molar-refractivity contribution is 5.77. The summed E-state index contributed by atoms with van der Waals surface area (Å²) in [5.41, 5.74) is 4.59. The van der Waals surface area contributed by atoms with Gasteiger partial charge in [0.2, 0.25) is 5.88 Å². The Balaban J connectivity index is 1.57. The minimum absolute atomic E-state index is 0.453. The summed E-state index contributed by atoms with van der Waals surface area (Å²) in [6.45, 7) is 4.36. The van der Waals surface area contributed by atoms with Gasteiger partial charge in [-0.05, 0) is 57.8 Å². The van der Waals surface area contributed by atoms with Crippen molar-refractivity contribution in [2.75, 3.05) is 25.0 Å². The second-order valence-electron chi connectivity index (χ2n) is 8.27. The molecule has 1 aromatic carbocycles. The van der Waals surface area contributed by atoms with Crippen molar-refractivity contribution in [3.05, 3.63) is 48.7 Å². The van der Waals surface area contributed by atoms with E-state index in [-0.39, 0.29) is 0 Å². The van der Waals surface area contributed by atoms with Crippen LogP contribution in [-0.4, -0.2) is 45.9 Å². The van der Waals surface area contributed by atoms with Crippen molar-refractivity contribution >= 4 is 5.69 Å². The summed E-state index contributed by atoms with van der Waals surface area (Å²) in [6, 6.07) is 5.33. The molecule has 5 rings (SSSR count). The predicted molar refractivity (Wildman–Crippen MR) is 117 cm³/mol. The Hall–Kier alpha value is -2.93. The van der Waals surface area contributed by atoms with E-state index < -0.39 is 0 Å². The molecular weight excluding hydrogens is 376 g/mol. The van der Waals surface area contributed by atoms with E-state index in [2.05, 4.69) is 57.2 Å². The summed E-state index contributed by atoms with van der Waals surface area (Å²) < 4.78 is 8.47. The zero-order valence-corrected chi connectivity index (χ0v) is 17.6. The standard InChI is InChI=1S/C23H28N6O/c1-16-3-4-20-21(28(16)2)6-5-19(23(20)30-22-14-25-11-12-26-22)17-13-27-29(15-17)18-7-9-24-10-8-18/h5-6,11-16,18,24H,3-4,7-10H2,1-2H3. The Labute approximate surface area is 177 Å². The number of rotatable bonds is 4. The molecule has 7 nitrogen and oxygen atoms in total. The van der Waals surface area contributed by atoms with E-state index in [1.807, 2.05) is 6.20 Å². The molecule has 1 saturated heterocycles. The number of nitrogens with one attached hydrogen (secondary N) is 1. The third kappa shape index (κ3) is 3.54. The van der Waals surface area contributed by atoms with Crippen molar-refractivity contribution in [3.63, 3.8) is 0 Å². The maximum absolute atomic E-state index is 6.35. The van der Waals surface area contributed by atoms with Gasteiger partial charge in [-0.3, -0.25) is 9.67 Å². The predicted octanol–water partition coefficient (Wildman–Crippen LogP) is 3.83. The molecular formula is C23H28N6O. The molecule has 0 radical (unpaired) electrons. The van der Waals surface area contributed by atoms with Gasteiger partial charge in [-0.15, -0.1) is 0 Å². The minimum atomic E-state index is 0.453. The van der Waals surface area contributed by atoms with Crippen LogP contribution >= 0.6 is 0 Å². The lowest BCUT2D eigenvalue weighted by Crippen LogP contribution is -2.33. The fourth-order valence-corrected chi connectivity index (χ4v) is 4.51. The lowest BCUT2D eigenvalue weighted by Gasteiger charge is -2.35. The van der Waals surface area contributed by atoms with Gasteiger partial charge in [0.05, 0.1) is 18.4 Å². The van der Waals surface area contributed by atoms with Gasteiger partial charge in [0.25, 0.3) is 0 Å². The minimum Gasteiger partial charge on any atom is -0.436 e. The van der Waals surface area contributed by atoms with Crippen LogP contribution in [0.4, 0.5) is 5.69 Å². The molecule has 0 bridgehead atoms. The lowest BCUT2D eigenvalue weighted by atomic mass is 9.93. The molecule has 2 aliphatic rings. The van der Waals surface area contributed by atoms with E-state index in [1.165, 1.54) is 11.3 Å². The second-order valence-corrected chi connectivity index (χ2v) is 8.27. The Bertz CT molecular complexity index is 1010. The van der Waals surface area contributed by atoms with Crippen LogP contribution in [0.15, 0.2) is 43.1 Å². The fourth-order valence-electron chi connectivity index (χ4n) is 4.51. The Morgan fingerprint density at radius 3 is 2.77 bits per heavy atom. The number of hydrogen-bond donors (Lipinski definition) is 1. The number of benzene rings is 1. The van der Waals surface area contributed by atoms with E-state index in [1.54, 1.807) is 18.6 Å². The van der Waals surface area contributed by atoms with Gasteiger partial charge < -0.3 is 15.0 Å². The SMILES string of the molecule is CC1CCc2c(ccc(-c3cnn(C4CCNCC4)c3)c2Oc2cnccn2)N1C. The van der Waals surface area contributed by atoms with Crippen LogP contribution in [0.3, 0.4) is 0 Å². The first-order valence-corrected chi connectivity index (χ1v) is 10.8. The second kappa shape index (κ2) is 8.07. The van der Waals surface area contributed by atoms with Crippen LogP contribution in [0.25, 0.3) is 11.1 Å². The topological polar surface area (TPSA) is 68.1 Å². The summed E-state index contributed by atoms with van der Waals surface area (Å²) in [7, 11) is 2.16. The fraction of sp³-hybridized carbons (Fsp3) is 0.435. The Kier molecular flexibility index (Phi) is 5.12. The van der Waals surface area contributed by atoms with Crippen LogP contribution in [0.5, 0.6) is 11.6 Å². The van der Waals surface area contributed by atoms with Crippen molar-refractivity contribution in [3.8, 4) is 22.8 Å². The molecule has 0 aliphatic carbocycles. The molecule has 0 amide bonds. The maximum atomic E-state index is 6.35. The molecule has 4 heterocycles. The Morgan fingerprint density at radius 1 is 1.10 bits per heavy atom. The zero-order chi connectivity index (χ0) is 20.5. The summed E-state index contributed by atoms with van der Waals surface area (Å²) in [4.78, 5) is 10.8. The Morgan fingerprint density at radius 2 is 1.97 bits per heavy atom. The highest BCUT2D eigenvalue weighted by Gasteiger charge is 2.26. The molecule has 1 atom stereocenters. The van der Waals surface area contributed by atoms with Crippen LogP contribution < -0.4 is 15.0 Å². The van der Waals surface area contributed by atoms with Gasteiger partial charge in [0, 0.05) is 54.1 Å². The van der Waals surface area contributed by atoms with E-state index in [0.717, 1.165) is 55.6 Å². The van der Waals surface area contributed by atoms with E-state index in [0.29, 0.717) is 18.0 Å². The summed E-state index contributed by atoms with van der Waals surface area (Å²) in [5, 5.41) is 8.12. The first kappa shape index (κ1) is 19.1. The molecule has 1 fully saturated rings. The number of aromatic nitrogens is 4. The summed E-state index contributed by atoms with van der Waals surface area (Å²) in [5.74, 6) is 1.38. The van der Waals surface area contributed by atoms with Gasteiger partial charge >= 0.3 is 0 Å². The van der Waals surface area contributed by atoms with Crippen LogP contribution in [-0.2, 0) is 6.42 Å². The smallest absolute Gasteiger partial charge is 0.237 e. The van der Waals surface area contributed by atoms with Gasteiger partial charge in [0.1, 0.15) is 5.75 Å². The third-order valence-corrected chi connectivity index (χ3v) is 6.43. The maximum Gasteiger partial charge on any atom is 0.237 e. The number of ether oxygens (including phenoxy) is 1. The third-order valence-electron chi connectivity index (χ3n) is 6.43. The number of piperidine rings is 1. The zero-order valence-electron chi connectivity index (χ0n) is 17.6. The van der Waals surface area contributed by atoms with Crippen LogP contribution in [0.2, 0.25) is 0 Å². The monoisotopic (exact) mass is 404 g/mol. The number of hydrogen-bond acceptors (Lipinski definition) is 6. The molecule has 7 heteroatoms. The molecule has 0 saturated carbocycles. The van der Waals surface area contributed by atoms with Crippen molar-refractivity contribution in [1.29, 1.82) is 0 Å². The molecule has 1 N–H and O–H groups in total. The largest absolute Gasteiger partial charge is 0.436 e. The van der Waals surface area contributed by atoms with E-state index in [4.69, 9.17) is 9.84 Å². The normalized spacial score (nSPS) is 19.5. The average molecular weight is 405 g/mol. The number of fused-ring (bicyclic) bond motifs is 1. The van der Waals surface area contributed by atoms with Crippen LogP contribution in [0.1, 0.15) is 37.8 Å². The van der Waals surface area contributed by atoms with E-state index >= 15 is 0 Å². The van der Waals surface area contributed by atoms with Gasteiger partial charge in [-0.1, -0.05) is 0 Å². The lowest BCUT2D eigenvalue weighted by molar-refractivity contribution is 0.343. The first-order valence-electron chi connectivity index (χ1n) is 10.8. The van der Waals surface area contributed by atoms with Gasteiger partial charge in [-0.25, -0.2) is 4.98 Å². The van der Waals surface area contributed by atoms with Crippen molar-refractivity contribution in [1.82, 2.24) is 25.1 Å². The van der Waals surface area contributed by atoms with Crippen molar-refractivity contribution in [2.24, 2.45) is 0 Å². The molecule has 1 unspecified atom stereocenters. The summed E-state index contributed by atoms with van der Waals surface area (Å²) in [6.07, 6.45) is 13.4. The first-order chi connectivity index (χ1) is 14.7. The molecule has 0 spiro atoms. The van der Waals surface area contributed by atoms with Crippen molar-refractivity contribution in [2.45, 2.75) is 44.7 Å². The highest BCUT2D eigenvalue weighted by atomic mass is 16.5. The molecule has 156 valence electrons. The molecule has 2 aliphatic heterocycles. The molecule has 30 heavy (non-hydrogen) atoms. The average Bonchev–Trinajstić information content (AvgIpc) is 3.28. The number of anilines is 1. The number of nitrogens with zero attached hydrogens (tertiary/aromatic N) is 5. The quantitative estimate of drug-likeness (QED) is 0.713. The van der Waals surface area contributed by atoms with Crippen molar-refractivity contribution < 1.29 is 4.74 Å². The molecule has 2 aromatic heterocycles. The van der Waals surface area contributed by atoms with Gasteiger partial charge in [0.15, 0.2) is 0 Å². The van der Waals surface area contributed by atoms with Crippen LogP contribution in [0, 0.1) is 0 Å².